The smallest absolute Gasteiger partial charge is 0.361 e. The molecule has 0 aliphatic carbocycles. The number of hydrogen-bond donors (Lipinski definition) is 0. The van der Waals surface area contributed by atoms with Gasteiger partial charge in [0.2, 0.25) is 0 Å². The molecule has 3 rings (SSSR count). The van der Waals surface area contributed by atoms with E-state index in [4.69, 9.17) is 4.52 Å². The van der Waals surface area contributed by atoms with Gasteiger partial charge >= 0.3 is 6.18 Å². The third-order valence-corrected chi connectivity index (χ3v) is 4.36. The SMILES string of the molecule is CC(C)c1cc([C@@H]2CCCN2C(=O)c2cc(C(F)(F)F)n(C)n2)no1. The van der Waals surface area contributed by atoms with Gasteiger partial charge in [0.15, 0.2) is 5.69 Å². The molecule has 0 saturated carbocycles. The van der Waals surface area contributed by atoms with Crippen molar-refractivity contribution in [2.24, 2.45) is 7.05 Å². The van der Waals surface area contributed by atoms with E-state index in [9.17, 15) is 18.0 Å². The van der Waals surface area contributed by atoms with Crippen LogP contribution in [-0.4, -0.2) is 32.3 Å². The predicted octanol–water partition coefficient (Wildman–Crippen LogP) is 3.53. The van der Waals surface area contributed by atoms with E-state index >= 15 is 0 Å². The monoisotopic (exact) mass is 356 g/mol. The number of rotatable bonds is 3. The molecule has 6 nitrogen and oxygen atoms in total. The Labute approximate surface area is 142 Å². The Morgan fingerprint density at radius 3 is 2.64 bits per heavy atom. The van der Waals surface area contributed by atoms with E-state index in [1.807, 2.05) is 13.8 Å². The minimum Gasteiger partial charge on any atom is -0.361 e. The van der Waals surface area contributed by atoms with Gasteiger partial charge in [-0.05, 0) is 12.8 Å². The minimum atomic E-state index is -4.55. The lowest BCUT2D eigenvalue weighted by atomic mass is 10.1. The lowest BCUT2D eigenvalue weighted by Crippen LogP contribution is -2.31. The van der Waals surface area contributed by atoms with E-state index in [2.05, 4.69) is 10.3 Å². The molecule has 136 valence electrons. The van der Waals surface area contributed by atoms with Crippen molar-refractivity contribution in [1.82, 2.24) is 19.8 Å². The highest BCUT2D eigenvalue weighted by Gasteiger charge is 2.38. The van der Waals surface area contributed by atoms with Crippen molar-refractivity contribution in [1.29, 1.82) is 0 Å². The zero-order valence-electron chi connectivity index (χ0n) is 14.2. The molecule has 1 saturated heterocycles. The van der Waals surface area contributed by atoms with Gasteiger partial charge in [-0.1, -0.05) is 19.0 Å². The van der Waals surface area contributed by atoms with E-state index in [0.29, 0.717) is 29.1 Å². The lowest BCUT2D eigenvalue weighted by molar-refractivity contribution is -0.143. The van der Waals surface area contributed by atoms with Gasteiger partial charge in [0.1, 0.15) is 17.1 Å². The fraction of sp³-hybridized carbons (Fsp3) is 0.562. The molecule has 3 heterocycles. The number of carbonyl (C=O) groups excluding carboxylic acids is 1. The molecule has 0 unspecified atom stereocenters. The van der Waals surface area contributed by atoms with Gasteiger partial charge in [-0.3, -0.25) is 9.48 Å². The molecule has 2 aromatic rings. The molecule has 0 bridgehead atoms. The molecule has 0 spiro atoms. The summed E-state index contributed by atoms with van der Waals surface area (Å²) in [6.07, 6.45) is -3.11. The van der Waals surface area contributed by atoms with Crippen LogP contribution in [-0.2, 0) is 13.2 Å². The van der Waals surface area contributed by atoms with Gasteiger partial charge in [0.25, 0.3) is 5.91 Å². The zero-order valence-corrected chi connectivity index (χ0v) is 14.2. The number of nitrogens with zero attached hydrogens (tertiary/aromatic N) is 4. The first-order valence-electron chi connectivity index (χ1n) is 8.07. The van der Waals surface area contributed by atoms with Gasteiger partial charge < -0.3 is 9.42 Å². The topological polar surface area (TPSA) is 64.2 Å². The summed E-state index contributed by atoms with van der Waals surface area (Å²) in [5.41, 5.74) is -0.536. The molecule has 1 fully saturated rings. The van der Waals surface area contributed by atoms with Crippen LogP contribution in [0.25, 0.3) is 0 Å². The maximum absolute atomic E-state index is 12.9. The van der Waals surface area contributed by atoms with Crippen LogP contribution in [0.1, 0.15) is 66.3 Å². The normalized spacial score (nSPS) is 18.4. The van der Waals surface area contributed by atoms with Crippen LogP contribution < -0.4 is 0 Å². The second-order valence-corrected chi connectivity index (χ2v) is 6.50. The van der Waals surface area contributed by atoms with Crippen molar-refractivity contribution in [2.45, 2.75) is 44.8 Å². The number of aryl methyl sites for hydroxylation is 1. The standard InChI is InChI=1S/C16H19F3N4O2/c1-9(2)13-7-10(21-25-13)12-5-4-6-23(12)15(24)11-8-14(16(17,18)19)22(3)20-11/h7-9,12H,4-6H2,1-3H3/t12-/m0/s1. The molecule has 25 heavy (non-hydrogen) atoms. The quantitative estimate of drug-likeness (QED) is 0.844. The Kier molecular flexibility index (Phi) is 4.34. The largest absolute Gasteiger partial charge is 0.433 e. The summed E-state index contributed by atoms with van der Waals surface area (Å²) in [6.45, 7) is 4.38. The van der Waals surface area contributed by atoms with Gasteiger partial charge in [-0.25, -0.2) is 0 Å². The van der Waals surface area contributed by atoms with Crippen LogP contribution >= 0.6 is 0 Å². The highest BCUT2D eigenvalue weighted by atomic mass is 19.4. The van der Waals surface area contributed by atoms with Crippen molar-refractivity contribution in [2.75, 3.05) is 6.54 Å². The van der Waals surface area contributed by atoms with E-state index in [1.54, 1.807) is 6.07 Å². The summed E-state index contributed by atoms with van der Waals surface area (Å²) in [6, 6.07) is 2.29. The number of likely N-dealkylation sites (tertiary alicyclic amines) is 1. The summed E-state index contributed by atoms with van der Waals surface area (Å²) in [5, 5.41) is 7.78. The Morgan fingerprint density at radius 1 is 1.36 bits per heavy atom. The number of aromatic nitrogens is 3. The Hall–Kier alpha value is -2.32. The van der Waals surface area contributed by atoms with Crippen LogP contribution in [0.15, 0.2) is 16.7 Å². The Balaban J connectivity index is 1.86. The highest BCUT2D eigenvalue weighted by molar-refractivity contribution is 5.93. The van der Waals surface area contributed by atoms with Crippen LogP contribution in [0.4, 0.5) is 13.2 Å². The summed E-state index contributed by atoms with van der Waals surface area (Å²) in [5.74, 6) is 0.353. The molecule has 1 amide bonds. The van der Waals surface area contributed by atoms with Crippen molar-refractivity contribution in [3.05, 3.63) is 35.0 Å². The zero-order chi connectivity index (χ0) is 18.4. The molecule has 1 aliphatic heterocycles. The van der Waals surface area contributed by atoms with Crippen LogP contribution in [0, 0.1) is 0 Å². The maximum Gasteiger partial charge on any atom is 0.433 e. The molecule has 0 radical (unpaired) electrons. The van der Waals surface area contributed by atoms with E-state index < -0.39 is 17.8 Å². The summed E-state index contributed by atoms with van der Waals surface area (Å²) < 4.78 is 44.7. The predicted molar refractivity (Wildman–Crippen MR) is 81.8 cm³/mol. The minimum absolute atomic E-state index is 0.164. The van der Waals surface area contributed by atoms with E-state index in [-0.39, 0.29) is 17.7 Å². The molecular formula is C16H19F3N4O2. The third kappa shape index (κ3) is 3.27. The first kappa shape index (κ1) is 17.5. The fourth-order valence-electron chi connectivity index (χ4n) is 3.03. The van der Waals surface area contributed by atoms with E-state index in [0.717, 1.165) is 12.5 Å². The second kappa shape index (κ2) is 6.20. The van der Waals surface area contributed by atoms with Crippen molar-refractivity contribution in [3.63, 3.8) is 0 Å². The van der Waals surface area contributed by atoms with Crippen LogP contribution in [0.2, 0.25) is 0 Å². The second-order valence-electron chi connectivity index (χ2n) is 6.50. The lowest BCUT2D eigenvalue weighted by Gasteiger charge is -2.21. The molecule has 1 aliphatic rings. The first-order valence-corrected chi connectivity index (χ1v) is 8.07. The van der Waals surface area contributed by atoms with Gasteiger partial charge in [-0.2, -0.15) is 18.3 Å². The highest BCUT2D eigenvalue weighted by Crippen LogP contribution is 2.35. The van der Waals surface area contributed by atoms with Gasteiger partial charge in [0.05, 0.1) is 6.04 Å². The first-order chi connectivity index (χ1) is 11.7. The number of hydrogen-bond acceptors (Lipinski definition) is 4. The molecule has 2 aromatic heterocycles. The summed E-state index contributed by atoms with van der Waals surface area (Å²) in [4.78, 5) is 14.2. The number of amides is 1. The maximum atomic E-state index is 12.9. The number of carbonyl (C=O) groups is 1. The van der Waals surface area contributed by atoms with Crippen molar-refractivity contribution >= 4 is 5.91 Å². The third-order valence-electron chi connectivity index (χ3n) is 4.36. The number of alkyl halides is 3. The van der Waals surface area contributed by atoms with Crippen LogP contribution in [0.5, 0.6) is 0 Å². The van der Waals surface area contributed by atoms with Gasteiger partial charge in [-0.15, -0.1) is 0 Å². The molecule has 0 aromatic carbocycles. The fourth-order valence-corrected chi connectivity index (χ4v) is 3.03. The van der Waals surface area contributed by atoms with Crippen LogP contribution in [0.3, 0.4) is 0 Å². The Morgan fingerprint density at radius 2 is 2.08 bits per heavy atom. The molecule has 1 atom stereocenters. The molecule has 9 heteroatoms. The molecular weight excluding hydrogens is 337 g/mol. The van der Waals surface area contributed by atoms with E-state index in [1.165, 1.54) is 11.9 Å². The van der Waals surface area contributed by atoms with Crippen molar-refractivity contribution in [3.8, 4) is 0 Å². The van der Waals surface area contributed by atoms with Gasteiger partial charge in [0, 0.05) is 31.6 Å². The number of halogens is 3. The summed E-state index contributed by atoms with van der Waals surface area (Å²) in [7, 11) is 1.17. The average molecular weight is 356 g/mol. The van der Waals surface area contributed by atoms with Crippen molar-refractivity contribution < 1.29 is 22.5 Å². The molecule has 0 N–H and O–H groups in total. The Bertz CT molecular complexity index is 779. The summed E-state index contributed by atoms with van der Waals surface area (Å²) >= 11 is 0. The average Bonchev–Trinajstić information content (AvgIpc) is 3.23.